The van der Waals surface area contributed by atoms with E-state index in [1.54, 1.807) is 12.3 Å². The Labute approximate surface area is 135 Å². The Bertz CT molecular complexity index is 900. The molecule has 1 N–H and O–H groups in total. The number of hydrogen-bond donors (Lipinski definition) is 1. The minimum atomic E-state index is -0.914. The molecule has 0 aliphatic rings. The molecule has 118 valence electrons. The molecule has 0 radical (unpaired) electrons. The van der Waals surface area contributed by atoms with E-state index in [2.05, 4.69) is 37.9 Å². The molecule has 1 aromatic carbocycles. The molecule has 2 aromatic heterocycles. The summed E-state index contributed by atoms with van der Waals surface area (Å²) < 4.78 is 1.87. The van der Waals surface area contributed by atoms with E-state index in [1.807, 2.05) is 17.6 Å². The third-order valence-electron chi connectivity index (χ3n) is 4.40. The van der Waals surface area contributed by atoms with Crippen LogP contribution in [0.15, 0.2) is 30.5 Å². The van der Waals surface area contributed by atoms with Gasteiger partial charge in [-0.3, -0.25) is 4.98 Å². The van der Waals surface area contributed by atoms with Crippen molar-refractivity contribution in [2.24, 2.45) is 0 Å². The van der Waals surface area contributed by atoms with Crippen LogP contribution < -0.4 is 0 Å². The second kappa shape index (κ2) is 5.54. The molecule has 0 saturated heterocycles. The lowest BCUT2D eigenvalue weighted by atomic mass is 9.99. The third kappa shape index (κ3) is 2.61. The van der Waals surface area contributed by atoms with Crippen molar-refractivity contribution in [3.63, 3.8) is 0 Å². The van der Waals surface area contributed by atoms with E-state index < -0.39 is 5.97 Å². The van der Waals surface area contributed by atoms with Crippen molar-refractivity contribution in [1.29, 1.82) is 0 Å². The molecule has 4 heteroatoms. The summed E-state index contributed by atoms with van der Waals surface area (Å²) in [7, 11) is 0. The fourth-order valence-electron chi connectivity index (χ4n) is 3.29. The highest BCUT2D eigenvalue weighted by atomic mass is 16.4. The second-order valence-electron chi connectivity index (χ2n) is 6.13. The maximum absolute atomic E-state index is 11.7. The van der Waals surface area contributed by atoms with Crippen LogP contribution >= 0.6 is 0 Å². The second-order valence-corrected chi connectivity index (χ2v) is 6.13. The summed E-state index contributed by atoms with van der Waals surface area (Å²) in [4.78, 5) is 15.9. The molecule has 0 atom stereocenters. The highest BCUT2D eigenvalue weighted by Gasteiger charge is 2.17. The number of aromatic nitrogens is 2. The van der Waals surface area contributed by atoms with E-state index in [-0.39, 0.29) is 0 Å². The number of benzene rings is 1. The number of aryl methyl sites for hydroxylation is 4. The van der Waals surface area contributed by atoms with Gasteiger partial charge in [-0.05, 0) is 56.5 Å². The summed E-state index contributed by atoms with van der Waals surface area (Å²) in [6.07, 6.45) is 1.73. The molecule has 0 fully saturated rings. The van der Waals surface area contributed by atoms with Gasteiger partial charge in [0, 0.05) is 23.8 Å². The van der Waals surface area contributed by atoms with E-state index >= 15 is 0 Å². The number of pyridine rings is 1. The molecular formula is C19H20N2O2. The van der Waals surface area contributed by atoms with Crippen LogP contribution in [0.4, 0.5) is 0 Å². The molecule has 3 rings (SSSR count). The van der Waals surface area contributed by atoms with Gasteiger partial charge in [-0.25, -0.2) is 4.79 Å². The average Bonchev–Trinajstić information content (AvgIpc) is 2.83. The monoisotopic (exact) mass is 308 g/mol. The van der Waals surface area contributed by atoms with E-state index in [1.165, 1.54) is 22.3 Å². The van der Waals surface area contributed by atoms with Gasteiger partial charge in [-0.15, -0.1) is 0 Å². The Morgan fingerprint density at radius 2 is 1.78 bits per heavy atom. The normalized spacial score (nSPS) is 11.1. The van der Waals surface area contributed by atoms with Crippen LogP contribution in [0.25, 0.3) is 10.9 Å². The zero-order chi connectivity index (χ0) is 16.7. The van der Waals surface area contributed by atoms with Crippen LogP contribution in [0.1, 0.15) is 38.4 Å². The highest BCUT2D eigenvalue weighted by molar-refractivity contribution is 5.95. The van der Waals surface area contributed by atoms with Gasteiger partial charge in [0.05, 0.1) is 5.52 Å². The summed E-state index contributed by atoms with van der Waals surface area (Å²) in [6.45, 7) is 8.68. The van der Waals surface area contributed by atoms with Crippen LogP contribution in [0.3, 0.4) is 0 Å². The van der Waals surface area contributed by atoms with Gasteiger partial charge in [-0.2, -0.15) is 0 Å². The Morgan fingerprint density at radius 3 is 2.39 bits per heavy atom. The lowest BCUT2D eigenvalue weighted by molar-refractivity contribution is 0.0686. The van der Waals surface area contributed by atoms with Crippen LogP contribution in [-0.4, -0.2) is 20.6 Å². The fourth-order valence-corrected chi connectivity index (χ4v) is 3.29. The standard InChI is InChI=1S/C19H20N2O2/c1-11-7-12(2)16(13(3)8-11)10-21-17-5-6-20-14(4)15(17)9-18(21)19(22)23/h5-9H,10H2,1-4H3,(H,22,23). The van der Waals surface area contributed by atoms with Crippen LogP contribution in [0, 0.1) is 27.7 Å². The molecule has 0 unspecified atom stereocenters. The van der Waals surface area contributed by atoms with Gasteiger partial charge in [0.25, 0.3) is 0 Å². The van der Waals surface area contributed by atoms with Gasteiger partial charge in [0.2, 0.25) is 0 Å². The number of aromatic carboxylic acids is 1. The molecule has 0 bridgehead atoms. The van der Waals surface area contributed by atoms with E-state index in [9.17, 15) is 9.90 Å². The van der Waals surface area contributed by atoms with Crippen molar-refractivity contribution < 1.29 is 9.90 Å². The Hall–Kier alpha value is -2.62. The average molecular weight is 308 g/mol. The molecular weight excluding hydrogens is 288 g/mol. The first-order valence-corrected chi connectivity index (χ1v) is 7.63. The quantitative estimate of drug-likeness (QED) is 0.795. The zero-order valence-electron chi connectivity index (χ0n) is 13.8. The molecule has 4 nitrogen and oxygen atoms in total. The molecule has 0 spiro atoms. The summed E-state index contributed by atoms with van der Waals surface area (Å²) in [6, 6.07) is 7.88. The van der Waals surface area contributed by atoms with Crippen molar-refractivity contribution in [3.05, 3.63) is 64.1 Å². The van der Waals surface area contributed by atoms with Crippen LogP contribution in [0.5, 0.6) is 0 Å². The maximum Gasteiger partial charge on any atom is 0.352 e. The van der Waals surface area contributed by atoms with Crippen LogP contribution in [-0.2, 0) is 6.54 Å². The minimum Gasteiger partial charge on any atom is -0.477 e. The van der Waals surface area contributed by atoms with E-state index in [0.29, 0.717) is 12.2 Å². The van der Waals surface area contributed by atoms with Gasteiger partial charge < -0.3 is 9.67 Å². The first-order valence-electron chi connectivity index (χ1n) is 7.63. The topological polar surface area (TPSA) is 55.1 Å². The van der Waals surface area contributed by atoms with Crippen molar-refractivity contribution in [2.45, 2.75) is 34.2 Å². The molecule has 2 heterocycles. The number of carboxylic acids is 1. The van der Waals surface area contributed by atoms with Crippen molar-refractivity contribution >= 4 is 16.9 Å². The molecule has 0 amide bonds. The first kappa shape index (κ1) is 15.3. The Balaban J connectivity index is 2.22. The largest absolute Gasteiger partial charge is 0.477 e. The van der Waals surface area contributed by atoms with Crippen molar-refractivity contribution in [3.8, 4) is 0 Å². The predicted octanol–water partition coefficient (Wildman–Crippen LogP) is 4.02. The number of fused-ring (bicyclic) bond motifs is 1. The Morgan fingerprint density at radius 1 is 1.13 bits per heavy atom. The number of nitrogens with zero attached hydrogens (tertiary/aromatic N) is 2. The number of rotatable bonds is 3. The fraction of sp³-hybridized carbons (Fsp3) is 0.263. The minimum absolute atomic E-state index is 0.301. The predicted molar refractivity (Wildman–Crippen MR) is 91.2 cm³/mol. The molecule has 0 aliphatic heterocycles. The maximum atomic E-state index is 11.7. The van der Waals surface area contributed by atoms with Gasteiger partial charge >= 0.3 is 5.97 Å². The molecule has 0 saturated carbocycles. The first-order chi connectivity index (χ1) is 10.9. The molecule has 0 aliphatic carbocycles. The summed E-state index contributed by atoms with van der Waals surface area (Å²) in [5.41, 5.74) is 6.83. The van der Waals surface area contributed by atoms with Gasteiger partial charge in [-0.1, -0.05) is 17.7 Å². The van der Waals surface area contributed by atoms with Crippen molar-refractivity contribution in [2.75, 3.05) is 0 Å². The highest BCUT2D eigenvalue weighted by Crippen LogP contribution is 2.25. The van der Waals surface area contributed by atoms with E-state index in [0.717, 1.165) is 16.6 Å². The Kier molecular flexibility index (Phi) is 3.68. The third-order valence-corrected chi connectivity index (χ3v) is 4.40. The van der Waals surface area contributed by atoms with Gasteiger partial charge in [0.15, 0.2) is 0 Å². The lowest BCUT2D eigenvalue weighted by Gasteiger charge is -2.15. The number of hydrogen-bond acceptors (Lipinski definition) is 2. The zero-order valence-corrected chi connectivity index (χ0v) is 13.8. The SMILES string of the molecule is Cc1cc(C)c(Cn2c(C(=O)O)cc3c(C)nccc32)c(C)c1. The van der Waals surface area contributed by atoms with Crippen LogP contribution in [0.2, 0.25) is 0 Å². The molecule has 23 heavy (non-hydrogen) atoms. The smallest absolute Gasteiger partial charge is 0.352 e. The summed E-state index contributed by atoms with van der Waals surface area (Å²) >= 11 is 0. The summed E-state index contributed by atoms with van der Waals surface area (Å²) in [5.74, 6) is -0.914. The lowest BCUT2D eigenvalue weighted by Crippen LogP contribution is -2.11. The van der Waals surface area contributed by atoms with E-state index in [4.69, 9.17) is 0 Å². The summed E-state index contributed by atoms with van der Waals surface area (Å²) in [5, 5.41) is 10.5. The molecule has 3 aromatic rings. The van der Waals surface area contributed by atoms with Gasteiger partial charge in [0.1, 0.15) is 5.69 Å². The number of carboxylic acid groups (broad SMARTS) is 1. The number of carbonyl (C=O) groups is 1. The van der Waals surface area contributed by atoms with Crippen molar-refractivity contribution in [1.82, 2.24) is 9.55 Å².